The highest BCUT2D eigenvalue weighted by atomic mass is 35.5. The molecule has 0 spiro atoms. The van der Waals surface area contributed by atoms with Gasteiger partial charge in [-0.2, -0.15) is 0 Å². The molecule has 2 N–H and O–H groups in total. The lowest BCUT2D eigenvalue weighted by Crippen LogP contribution is -2.33. The quantitative estimate of drug-likeness (QED) is 0.855. The number of hydrogen-bond donors (Lipinski definition) is 1. The van der Waals surface area contributed by atoms with E-state index in [0.717, 1.165) is 5.56 Å². The van der Waals surface area contributed by atoms with Gasteiger partial charge < -0.3 is 15.4 Å². The summed E-state index contributed by atoms with van der Waals surface area (Å²) in [6.45, 7) is 1.55. The Bertz CT molecular complexity index is 780. The molecule has 2 aromatic carbocycles. The molecule has 0 bridgehead atoms. The molecule has 0 aliphatic rings. The number of carbonyl (C=O) groups excluding carboxylic acids is 2. The summed E-state index contributed by atoms with van der Waals surface area (Å²) in [7, 11) is 1.62. The summed E-state index contributed by atoms with van der Waals surface area (Å²) >= 11 is 5.83. The molecular formula is C18H18ClFN2O3. The lowest BCUT2D eigenvalue weighted by molar-refractivity contribution is -0.134. The summed E-state index contributed by atoms with van der Waals surface area (Å²) in [6, 6.07) is 10.1. The Morgan fingerprint density at radius 3 is 2.48 bits per heavy atom. The van der Waals surface area contributed by atoms with Gasteiger partial charge in [-0.1, -0.05) is 23.7 Å². The maximum atomic E-state index is 13.0. The minimum absolute atomic E-state index is 0.106. The monoisotopic (exact) mass is 364 g/mol. The molecule has 0 aliphatic carbocycles. The molecule has 2 rings (SSSR count). The third-order valence-corrected chi connectivity index (χ3v) is 4.12. The number of rotatable bonds is 6. The van der Waals surface area contributed by atoms with Gasteiger partial charge in [0.2, 0.25) is 0 Å². The van der Waals surface area contributed by atoms with E-state index in [9.17, 15) is 14.0 Å². The van der Waals surface area contributed by atoms with Crippen LogP contribution in [0.5, 0.6) is 5.75 Å². The van der Waals surface area contributed by atoms with Gasteiger partial charge in [-0.25, -0.2) is 4.39 Å². The van der Waals surface area contributed by atoms with Crippen LogP contribution in [0.25, 0.3) is 0 Å². The molecule has 5 nitrogen and oxygen atoms in total. The number of benzene rings is 2. The topological polar surface area (TPSA) is 72.6 Å². The van der Waals surface area contributed by atoms with E-state index in [0.29, 0.717) is 5.02 Å². The summed E-state index contributed by atoms with van der Waals surface area (Å²) in [5.41, 5.74) is 6.18. The molecule has 0 saturated carbocycles. The number of likely N-dealkylation sites (N-methyl/N-ethyl adjacent to an activating group) is 1. The lowest BCUT2D eigenvalue weighted by Gasteiger charge is -2.25. The highest BCUT2D eigenvalue weighted by Gasteiger charge is 2.19. The van der Waals surface area contributed by atoms with Crippen LogP contribution in [0.3, 0.4) is 0 Å². The van der Waals surface area contributed by atoms with Gasteiger partial charge in [0, 0.05) is 12.1 Å². The molecular weight excluding hydrogens is 347 g/mol. The van der Waals surface area contributed by atoms with Crippen LogP contribution >= 0.6 is 11.6 Å². The molecule has 0 saturated heterocycles. The van der Waals surface area contributed by atoms with E-state index >= 15 is 0 Å². The van der Waals surface area contributed by atoms with Gasteiger partial charge in [-0.15, -0.1) is 0 Å². The van der Waals surface area contributed by atoms with Crippen molar-refractivity contribution in [1.82, 2.24) is 4.90 Å². The van der Waals surface area contributed by atoms with Crippen molar-refractivity contribution < 1.29 is 18.7 Å². The van der Waals surface area contributed by atoms with Crippen LogP contribution in [0.15, 0.2) is 42.5 Å². The number of hydrogen-bond acceptors (Lipinski definition) is 3. The molecule has 0 radical (unpaired) electrons. The second-order valence-electron chi connectivity index (χ2n) is 5.53. The molecule has 1 unspecified atom stereocenters. The lowest BCUT2D eigenvalue weighted by atomic mass is 10.1. The summed E-state index contributed by atoms with van der Waals surface area (Å²) in [4.78, 5) is 25.2. The molecule has 2 aromatic rings. The molecule has 0 aromatic heterocycles. The molecule has 7 heteroatoms. The number of primary amides is 1. The van der Waals surface area contributed by atoms with Crippen molar-refractivity contribution in [3.8, 4) is 5.75 Å². The molecule has 0 aliphatic heterocycles. The summed E-state index contributed by atoms with van der Waals surface area (Å²) in [5, 5.41) is 0.342. The Morgan fingerprint density at radius 2 is 1.88 bits per heavy atom. The predicted molar refractivity (Wildman–Crippen MR) is 93.0 cm³/mol. The maximum absolute atomic E-state index is 13.0. The van der Waals surface area contributed by atoms with E-state index in [-0.39, 0.29) is 35.7 Å². The molecule has 25 heavy (non-hydrogen) atoms. The molecule has 132 valence electrons. The third kappa shape index (κ3) is 4.70. The standard InChI is InChI=1S/C18H18ClFN2O3/c1-11(12-3-6-14(20)7-4-12)22(2)17(23)10-25-16-8-5-13(19)9-15(16)18(21)24/h3-9,11H,10H2,1-2H3,(H2,21,24). The van der Waals surface area contributed by atoms with E-state index in [1.165, 1.54) is 29.2 Å². The van der Waals surface area contributed by atoms with Crippen molar-refractivity contribution in [3.05, 3.63) is 64.4 Å². The van der Waals surface area contributed by atoms with Gasteiger partial charge in [0.25, 0.3) is 11.8 Å². The van der Waals surface area contributed by atoms with Gasteiger partial charge >= 0.3 is 0 Å². The largest absolute Gasteiger partial charge is 0.483 e. The fourth-order valence-corrected chi connectivity index (χ4v) is 2.41. The minimum Gasteiger partial charge on any atom is -0.483 e. The summed E-state index contributed by atoms with van der Waals surface area (Å²) in [5.74, 6) is -1.15. The Morgan fingerprint density at radius 1 is 1.24 bits per heavy atom. The Labute approximate surface area is 150 Å². The molecule has 2 amide bonds. The Balaban J connectivity index is 2.04. The molecule has 0 fully saturated rings. The van der Waals surface area contributed by atoms with E-state index in [2.05, 4.69) is 0 Å². The van der Waals surface area contributed by atoms with Crippen LogP contribution in [0.4, 0.5) is 4.39 Å². The van der Waals surface area contributed by atoms with Gasteiger partial charge in [0.05, 0.1) is 11.6 Å². The Hall–Kier alpha value is -2.60. The second-order valence-corrected chi connectivity index (χ2v) is 5.96. The predicted octanol–water partition coefficient (Wildman–Crippen LogP) is 3.18. The smallest absolute Gasteiger partial charge is 0.260 e. The second kappa shape index (κ2) is 7.98. The van der Waals surface area contributed by atoms with Crippen molar-refractivity contribution in [2.75, 3.05) is 13.7 Å². The van der Waals surface area contributed by atoms with E-state index in [4.69, 9.17) is 22.1 Å². The Kier molecular flexibility index (Phi) is 5.98. The fourth-order valence-electron chi connectivity index (χ4n) is 2.24. The zero-order valence-electron chi connectivity index (χ0n) is 13.8. The first-order valence-electron chi connectivity index (χ1n) is 7.53. The van der Waals surface area contributed by atoms with Crippen LogP contribution in [0, 0.1) is 5.82 Å². The number of ether oxygens (including phenoxy) is 1. The third-order valence-electron chi connectivity index (χ3n) is 3.88. The minimum atomic E-state index is -0.696. The number of amides is 2. The molecule has 0 heterocycles. The van der Waals surface area contributed by atoms with Crippen molar-refractivity contribution in [2.45, 2.75) is 13.0 Å². The van der Waals surface area contributed by atoms with Crippen molar-refractivity contribution in [3.63, 3.8) is 0 Å². The summed E-state index contributed by atoms with van der Waals surface area (Å²) < 4.78 is 18.4. The molecule has 1 atom stereocenters. The van der Waals surface area contributed by atoms with Crippen LogP contribution in [0.1, 0.15) is 28.9 Å². The van der Waals surface area contributed by atoms with Gasteiger partial charge in [0.1, 0.15) is 11.6 Å². The summed E-state index contributed by atoms with van der Waals surface area (Å²) in [6.07, 6.45) is 0. The number of nitrogens with two attached hydrogens (primary N) is 1. The highest BCUT2D eigenvalue weighted by Crippen LogP contribution is 2.23. The maximum Gasteiger partial charge on any atom is 0.260 e. The van der Waals surface area contributed by atoms with Crippen molar-refractivity contribution in [2.24, 2.45) is 5.73 Å². The van der Waals surface area contributed by atoms with Crippen LogP contribution in [0.2, 0.25) is 5.02 Å². The first kappa shape index (κ1) is 18.7. The van der Waals surface area contributed by atoms with Crippen LogP contribution in [-0.4, -0.2) is 30.4 Å². The first-order chi connectivity index (χ1) is 11.8. The van der Waals surface area contributed by atoms with Gasteiger partial charge in [-0.3, -0.25) is 9.59 Å². The van der Waals surface area contributed by atoms with E-state index in [1.807, 2.05) is 6.92 Å². The van der Waals surface area contributed by atoms with E-state index in [1.54, 1.807) is 25.2 Å². The van der Waals surface area contributed by atoms with Gasteiger partial charge in [-0.05, 0) is 42.8 Å². The number of carbonyl (C=O) groups is 2. The SMILES string of the molecule is CC(c1ccc(F)cc1)N(C)C(=O)COc1ccc(Cl)cc1C(N)=O. The number of halogens is 2. The number of nitrogens with zero attached hydrogens (tertiary/aromatic N) is 1. The average molecular weight is 365 g/mol. The fraction of sp³-hybridized carbons (Fsp3) is 0.222. The average Bonchev–Trinajstić information content (AvgIpc) is 2.59. The van der Waals surface area contributed by atoms with Crippen LogP contribution in [-0.2, 0) is 4.79 Å². The van der Waals surface area contributed by atoms with E-state index < -0.39 is 5.91 Å². The van der Waals surface area contributed by atoms with Crippen molar-refractivity contribution >= 4 is 23.4 Å². The zero-order valence-corrected chi connectivity index (χ0v) is 14.6. The van der Waals surface area contributed by atoms with Crippen LogP contribution < -0.4 is 10.5 Å². The normalized spacial score (nSPS) is 11.7. The van der Waals surface area contributed by atoms with Gasteiger partial charge in [0.15, 0.2) is 6.61 Å². The van der Waals surface area contributed by atoms with Crippen molar-refractivity contribution in [1.29, 1.82) is 0 Å². The zero-order chi connectivity index (χ0) is 18.6. The highest BCUT2D eigenvalue weighted by molar-refractivity contribution is 6.31. The first-order valence-corrected chi connectivity index (χ1v) is 7.90.